The van der Waals surface area contributed by atoms with Crippen LogP contribution in [-0.2, 0) is 0 Å². The summed E-state index contributed by atoms with van der Waals surface area (Å²) >= 11 is 0. The van der Waals surface area contributed by atoms with Crippen molar-refractivity contribution in [1.29, 1.82) is 0 Å². The highest BCUT2D eigenvalue weighted by molar-refractivity contribution is 6.22. The monoisotopic (exact) mass is 662 g/mol. The van der Waals surface area contributed by atoms with Crippen LogP contribution in [0, 0.1) is 0 Å². The maximum atomic E-state index is 2.41. The summed E-state index contributed by atoms with van der Waals surface area (Å²) in [6.07, 6.45) is 0. The number of nitrogens with zero attached hydrogens (tertiary/aromatic N) is 2. The van der Waals surface area contributed by atoms with Crippen molar-refractivity contribution in [2.45, 2.75) is 0 Å². The Bertz CT molecular complexity index is 2780. The lowest BCUT2D eigenvalue weighted by atomic mass is 9.86. The van der Waals surface area contributed by atoms with Crippen LogP contribution in [0.3, 0.4) is 0 Å². The first-order chi connectivity index (χ1) is 25.8. The van der Waals surface area contributed by atoms with Gasteiger partial charge in [0.2, 0.25) is 0 Å². The number of hydrogen-bond donors (Lipinski definition) is 0. The lowest BCUT2D eigenvalue weighted by molar-refractivity contribution is 1.17. The molecule has 1 aromatic heterocycles. The standard InChI is InChI=1S/C50H34N2/c1-4-16-35(17-5-1)49-42-23-10-12-25-44(42)50(45-26-13-11-24-43(45)49)36-28-33-48-46(34-36)41-22-14-15-27-47(41)52(48)40-31-29-39(30-32-40)51(37-18-6-2-7-19-37)38-20-8-3-9-21-38/h1-34H. The van der Waals surface area contributed by atoms with Crippen LogP contribution in [-0.4, -0.2) is 4.57 Å². The van der Waals surface area contributed by atoms with Crippen LogP contribution in [0.2, 0.25) is 0 Å². The van der Waals surface area contributed by atoms with Crippen LogP contribution in [0.4, 0.5) is 17.1 Å². The van der Waals surface area contributed by atoms with E-state index in [-0.39, 0.29) is 0 Å². The van der Waals surface area contributed by atoms with Gasteiger partial charge in [0, 0.05) is 33.5 Å². The van der Waals surface area contributed by atoms with Crippen LogP contribution in [0.1, 0.15) is 0 Å². The van der Waals surface area contributed by atoms with E-state index >= 15 is 0 Å². The van der Waals surface area contributed by atoms with Crippen LogP contribution in [0.25, 0.3) is 71.3 Å². The van der Waals surface area contributed by atoms with E-state index < -0.39 is 0 Å². The fourth-order valence-electron chi connectivity index (χ4n) is 8.11. The van der Waals surface area contributed by atoms with E-state index in [9.17, 15) is 0 Å². The van der Waals surface area contributed by atoms with Gasteiger partial charge in [-0.2, -0.15) is 0 Å². The summed E-state index contributed by atoms with van der Waals surface area (Å²) < 4.78 is 2.41. The molecule has 2 heteroatoms. The first kappa shape index (κ1) is 30.0. The van der Waals surface area contributed by atoms with Gasteiger partial charge in [0.1, 0.15) is 0 Å². The van der Waals surface area contributed by atoms with E-state index in [2.05, 4.69) is 216 Å². The molecule has 0 spiro atoms. The summed E-state index contributed by atoms with van der Waals surface area (Å²) in [5, 5.41) is 7.55. The van der Waals surface area contributed by atoms with Crippen LogP contribution in [0.15, 0.2) is 206 Å². The first-order valence-electron chi connectivity index (χ1n) is 17.9. The number of rotatable bonds is 6. The molecule has 0 radical (unpaired) electrons. The second-order valence-corrected chi connectivity index (χ2v) is 13.3. The van der Waals surface area contributed by atoms with Crippen molar-refractivity contribution in [1.82, 2.24) is 4.57 Å². The molecule has 0 aliphatic heterocycles. The largest absolute Gasteiger partial charge is 0.311 e. The van der Waals surface area contributed by atoms with E-state index in [1.807, 2.05) is 0 Å². The van der Waals surface area contributed by atoms with Crippen molar-refractivity contribution < 1.29 is 0 Å². The van der Waals surface area contributed by atoms with Gasteiger partial charge < -0.3 is 9.47 Å². The third-order valence-electron chi connectivity index (χ3n) is 10.4. The minimum atomic E-state index is 1.11. The van der Waals surface area contributed by atoms with Gasteiger partial charge >= 0.3 is 0 Å². The maximum absolute atomic E-state index is 2.41. The van der Waals surface area contributed by atoms with Crippen molar-refractivity contribution in [3.05, 3.63) is 206 Å². The van der Waals surface area contributed by atoms with Crippen molar-refractivity contribution in [2.24, 2.45) is 0 Å². The number of anilines is 3. The van der Waals surface area contributed by atoms with E-state index in [0.29, 0.717) is 0 Å². The summed E-state index contributed by atoms with van der Waals surface area (Å²) in [5.41, 5.74) is 11.9. The van der Waals surface area contributed by atoms with E-state index in [1.165, 1.54) is 65.6 Å². The number of benzene rings is 9. The minimum Gasteiger partial charge on any atom is -0.311 e. The molecule has 9 aromatic carbocycles. The predicted molar refractivity (Wildman–Crippen MR) is 221 cm³/mol. The normalized spacial score (nSPS) is 11.5. The number of aromatic nitrogens is 1. The summed E-state index contributed by atoms with van der Waals surface area (Å²) in [7, 11) is 0. The van der Waals surface area contributed by atoms with Crippen LogP contribution >= 0.6 is 0 Å². The lowest BCUT2D eigenvalue weighted by Crippen LogP contribution is -2.09. The van der Waals surface area contributed by atoms with Crippen molar-refractivity contribution in [2.75, 3.05) is 4.90 Å². The zero-order valence-corrected chi connectivity index (χ0v) is 28.5. The molecule has 0 atom stereocenters. The Morgan fingerprint density at radius 3 is 1.27 bits per heavy atom. The average molecular weight is 663 g/mol. The minimum absolute atomic E-state index is 1.11. The molecule has 0 saturated heterocycles. The molecule has 244 valence electrons. The Morgan fingerprint density at radius 2 is 0.712 bits per heavy atom. The zero-order chi connectivity index (χ0) is 34.4. The van der Waals surface area contributed by atoms with Gasteiger partial charge in [0.05, 0.1) is 11.0 Å². The molecular formula is C50H34N2. The van der Waals surface area contributed by atoms with Gasteiger partial charge in [0.15, 0.2) is 0 Å². The van der Waals surface area contributed by atoms with Crippen molar-refractivity contribution >= 4 is 60.4 Å². The molecular weight excluding hydrogens is 629 g/mol. The predicted octanol–water partition coefficient (Wildman–Crippen LogP) is 13.9. The third kappa shape index (κ3) is 4.88. The summed E-state index contributed by atoms with van der Waals surface area (Å²) in [6.45, 7) is 0. The Labute approximate surface area is 303 Å². The molecule has 0 saturated carbocycles. The van der Waals surface area contributed by atoms with E-state index in [0.717, 1.165) is 22.7 Å². The van der Waals surface area contributed by atoms with Gasteiger partial charge in [-0.15, -0.1) is 0 Å². The quantitative estimate of drug-likeness (QED) is 0.161. The fraction of sp³-hybridized carbons (Fsp3) is 0. The van der Waals surface area contributed by atoms with E-state index in [1.54, 1.807) is 0 Å². The summed E-state index contributed by atoms with van der Waals surface area (Å²) in [4.78, 5) is 2.31. The van der Waals surface area contributed by atoms with Crippen molar-refractivity contribution in [3.63, 3.8) is 0 Å². The molecule has 0 amide bonds. The second kappa shape index (κ2) is 12.5. The molecule has 52 heavy (non-hydrogen) atoms. The molecule has 0 aliphatic carbocycles. The highest BCUT2D eigenvalue weighted by Crippen LogP contribution is 2.45. The topological polar surface area (TPSA) is 8.17 Å². The molecule has 0 aliphatic rings. The number of fused-ring (bicyclic) bond motifs is 5. The zero-order valence-electron chi connectivity index (χ0n) is 28.5. The Kier molecular flexibility index (Phi) is 7.18. The lowest BCUT2D eigenvalue weighted by Gasteiger charge is -2.25. The molecule has 0 bridgehead atoms. The molecule has 10 rings (SSSR count). The van der Waals surface area contributed by atoms with Gasteiger partial charge in [0.25, 0.3) is 0 Å². The number of hydrogen-bond acceptors (Lipinski definition) is 1. The third-order valence-corrected chi connectivity index (χ3v) is 10.4. The Hall–Kier alpha value is -6.90. The summed E-state index contributed by atoms with van der Waals surface area (Å²) in [5.74, 6) is 0. The van der Waals surface area contributed by atoms with Gasteiger partial charge in [-0.1, -0.05) is 140 Å². The van der Waals surface area contributed by atoms with Crippen molar-refractivity contribution in [3.8, 4) is 27.9 Å². The smallest absolute Gasteiger partial charge is 0.0541 e. The molecule has 0 unspecified atom stereocenters. The molecule has 0 N–H and O–H groups in total. The van der Waals surface area contributed by atoms with Crippen LogP contribution < -0.4 is 4.90 Å². The SMILES string of the molecule is c1ccc(-c2c3ccccc3c(-c3ccc4c(c3)c3ccccc3n4-c3ccc(N(c4ccccc4)c4ccccc4)cc3)c3ccccc23)cc1. The molecule has 2 nitrogen and oxygen atoms in total. The second-order valence-electron chi connectivity index (χ2n) is 13.3. The molecule has 0 fully saturated rings. The van der Waals surface area contributed by atoms with Gasteiger partial charge in [-0.25, -0.2) is 0 Å². The fourth-order valence-corrected chi connectivity index (χ4v) is 8.11. The first-order valence-corrected chi connectivity index (χ1v) is 17.9. The van der Waals surface area contributed by atoms with Gasteiger partial charge in [-0.05, 0) is 111 Å². The van der Waals surface area contributed by atoms with Crippen LogP contribution in [0.5, 0.6) is 0 Å². The Morgan fingerprint density at radius 1 is 0.288 bits per heavy atom. The summed E-state index contributed by atoms with van der Waals surface area (Å²) in [6, 6.07) is 74.5. The highest BCUT2D eigenvalue weighted by atomic mass is 15.1. The van der Waals surface area contributed by atoms with E-state index in [4.69, 9.17) is 0 Å². The molecule has 1 heterocycles. The average Bonchev–Trinajstić information content (AvgIpc) is 3.55. The maximum Gasteiger partial charge on any atom is 0.0541 e. The highest BCUT2D eigenvalue weighted by Gasteiger charge is 2.19. The van der Waals surface area contributed by atoms with Gasteiger partial charge in [-0.3, -0.25) is 0 Å². The number of para-hydroxylation sites is 3. The Balaban J connectivity index is 1.15. The molecule has 10 aromatic rings.